The SMILES string of the molecule is O=S(=O)(NCc1ccccc1O)c1cnc(Cl)nc1. The minimum absolute atomic E-state index is 0.0255. The first kappa shape index (κ1) is 13.7. The van der Waals surface area contributed by atoms with Crippen molar-refractivity contribution >= 4 is 21.6 Å². The van der Waals surface area contributed by atoms with Crippen molar-refractivity contribution in [3.63, 3.8) is 0 Å². The van der Waals surface area contributed by atoms with Gasteiger partial charge in [0.05, 0.1) is 12.4 Å². The first-order chi connectivity index (χ1) is 8.99. The minimum atomic E-state index is -3.74. The zero-order valence-electron chi connectivity index (χ0n) is 9.62. The van der Waals surface area contributed by atoms with Crippen LogP contribution in [0.2, 0.25) is 5.28 Å². The van der Waals surface area contributed by atoms with E-state index in [2.05, 4.69) is 14.7 Å². The van der Waals surface area contributed by atoms with E-state index in [-0.39, 0.29) is 22.5 Å². The number of benzene rings is 1. The molecule has 0 aliphatic carbocycles. The van der Waals surface area contributed by atoms with E-state index in [4.69, 9.17) is 11.6 Å². The smallest absolute Gasteiger partial charge is 0.243 e. The zero-order valence-corrected chi connectivity index (χ0v) is 11.2. The standard InChI is InChI=1S/C11H10ClN3O3S/c12-11-13-6-9(7-14-11)19(17,18)15-5-8-3-1-2-4-10(8)16/h1-4,6-7,15-16H,5H2. The van der Waals surface area contributed by atoms with Crippen LogP contribution in [0.1, 0.15) is 5.56 Å². The van der Waals surface area contributed by atoms with E-state index in [0.29, 0.717) is 5.56 Å². The summed E-state index contributed by atoms with van der Waals surface area (Å²) in [5, 5.41) is 9.51. The van der Waals surface area contributed by atoms with Gasteiger partial charge in [-0.05, 0) is 17.7 Å². The van der Waals surface area contributed by atoms with Gasteiger partial charge in [0.2, 0.25) is 15.3 Å². The van der Waals surface area contributed by atoms with Gasteiger partial charge in [-0.15, -0.1) is 0 Å². The van der Waals surface area contributed by atoms with Crippen LogP contribution in [-0.4, -0.2) is 23.5 Å². The Morgan fingerprint density at radius 1 is 1.21 bits per heavy atom. The molecule has 0 amide bonds. The molecule has 0 fully saturated rings. The second kappa shape index (κ2) is 5.52. The summed E-state index contributed by atoms with van der Waals surface area (Å²) in [4.78, 5) is 7.12. The van der Waals surface area contributed by atoms with Gasteiger partial charge in [-0.25, -0.2) is 23.1 Å². The van der Waals surface area contributed by atoms with E-state index in [1.807, 2.05) is 0 Å². The van der Waals surface area contributed by atoms with Crippen LogP contribution in [0.25, 0.3) is 0 Å². The molecule has 0 aliphatic heterocycles. The number of hydrogen-bond donors (Lipinski definition) is 2. The second-order valence-electron chi connectivity index (χ2n) is 3.64. The lowest BCUT2D eigenvalue weighted by molar-refractivity contribution is 0.467. The molecule has 0 saturated heterocycles. The predicted octanol–water partition coefficient (Wildman–Crippen LogP) is 1.31. The molecule has 1 aromatic heterocycles. The zero-order chi connectivity index (χ0) is 13.9. The van der Waals surface area contributed by atoms with Crippen molar-refractivity contribution < 1.29 is 13.5 Å². The van der Waals surface area contributed by atoms with Crippen molar-refractivity contribution in [2.75, 3.05) is 0 Å². The van der Waals surface area contributed by atoms with Crippen molar-refractivity contribution in [1.29, 1.82) is 0 Å². The Kier molecular flexibility index (Phi) is 3.98. The van der Waals surface area contributed by atoms with Gasteiger partial charge in [-0.3, -0.25) is 0 Å². The monoisotopic (exact) mass is 299 g/mol. The van der Waals surface area contributed by atoms with Crippen molar-refractivity contribution in [1.82, 2.24) is 14.7 Å². The minimum Gasteiger partial charge on any atom is -0.508 e. The molecule has 100 valence electrons. The molecule has 1 heterocycles. The highest BCUT2D eigenvalue weighted by molar-refractivity contribution is 7.89. The van der Waals surface area contributed by atoms with Gasteiger partial charge < -0.3 is 5.11 Å². The van der Waals surface area contributed by atoms with Gasteiger partial charge in [-0.2, -0.15) is 0 Å². The summed E-state index contributed by atoms with van der Waals surface area (Å²) >= 11 is 5.48. The highest BCUT2D eigenvalue weighted by Crippen LogP contribution is 2.16. The quantitative estimate of drug-likeness (QED) is 0.831. The molecule has 19 heavy (non-hydrogen) atoms. The van der Waals surface area contributed by atoms with Crippen molar-refractivity contribution in [2.45, 2.75) is 11.4 Å². The molecule has 0 bridgehead atoms. The lowest BCUT2D eigenvalue weighted by Crippen LogP contribution is -2.23. The average molecular weight is 300 g/mol. The molecule has 0 radical (unpaired) electrons. The molecule has 0 aliphatic rings. The first-order valence-corrected chi connectivity index (χ1v) is 7.09. The number of para-hydroxylation sites is 1. The maximum atomic E-state index is 11.9. The van der Waals surface area contributed by atoms with Crippen LogP contribution in [0.15, 0.2) is 41.6 Å². The Hall–Kier alpha value is -1.70. The topological polar surface area (TPSA) is 92.2 Å². The molecule has 2 rings (SSSR count). The van der Waals surface area contributed by atoms with Crippen LogP contribution in [0.3, 0.4) is 0 Å². The van der Waals surface area contributed by atoms with Crippen LogP contribution in [0.4, 0.5) is 0 Å². The lowest BCUT2D eigenvalue weighted by atomic mass is 10.2. The molecule has 0 spiro atoms. The largest absolute Gasteiger partial charge is 0.508 e. The Morgan fingerprint density at radius 3 is 2.47 bits per heavy atom. The van der Waals surface area contributed by atoms with Gasteiger partial charge >= 0.3 is 0 Å². The average Bonchev–Trinajstić information content (AvgIpc) is 2.38. The van der Waals surface area contributed by atoms with E-state index in [0.717, 1.165) is 12.4 Å². The Balaban J connectivity index is 2.14. The summed E-state index contributed by atoms with van der Waals surface area (Å²) in [5.41, 5.74) is 0.473. The number of nitrogens with zero attached hydrogens (tertiary/aromatic N) is 2. The number of phenols is 1. The van der Waals surface area contributed by atoms with Crippen molar-refractivity contribution in [2.24, 2.45) is 0 Å². The number of aromatic hydroxyl groups is 1. The maximum absolute atomic E-state index is 11.9. The third kappa shape index (κ3) is 3.40. The number of hydrogen-bond acceptors (Lipinski definition) is 5. The van der Waals surface area contributed by atoms with E-state index < -0.39 is 10.0 Å². The number of sulfonamides is 1. The summed E-state index contributed by atoms with van der Waals surface area (Å²) in [7, 11) is -3.74. The molecule has 1 aromatic carbocycles. The van der Waals surface area contributed by atoms with Gasteiger partial charge in [0, 0.05) is 12.1 Å². The lowest BCUT2D eigenvalue weighted by Gasteiger charge is -2.07. The number of rotatable bonds is 4. The normalized spacial score (nSPS) is 11.4. The van der Waals surface area contributed by atoms with E-state index in [9.17, 15) is 13.5 Å². The summed E-state index contributed by atoms with van der Waals surface area (Å²) in [6, 6.07) is 6.46. The highest BCUT2D eigenvalue weighted by atomic mass is 35.5. The van der Waals surface area contributed by atoms with Crippen LogP contribution < -0.4 is 4.72 Å². The Bertz CT molecular complexity index is 674. The maximum Gasteiger partial charge on any atom is 0.243 e. The summed E-state index contributed by atoms with van der Waals surface area (Å²) in [5.74, 6) is 0.0255. The van der Waals surface area contributed by atoms with E-state index >= 15 is 0 Å². The second-order valence-corrected chi connectivity index (χ2v) is 5.75. The molecule has 6 nitrogen and oxygen atoms in total. The molecule has 8 heteroatoms. The summed E-state index contributed by atoms with van der Waals surface area (Å²) in [6.45, 7) is -0.0301. The Labute approximate surface area is 115 Å². The number of phenolic OH excluding ortho intramolecular Hbond substituents is 1. The van der Waals surface area contributed by atoms with Gasteiger partial charge in [0.15, 0.2) is 0 Å². The molecule has 0 saturated carbocycles. The third-order valence-corrected chi connectivity index (χ3v) is 3.90. The first-order valence-electron chi connectivity index (χ1n) is 5.23. The number of nitrogens with one attached hydrogen (secondary N) is 1. The van der Waals surface area contributed by atoms with Crippen LogP contribution in [-0.2, 0) is 16.6 Å². The molecular weight excluding hydrogens is 290 g/mol. The van der Waals surface area contributed by atoms with Crippen LogP contribution >= 0.6 is 11.6 Å². The fourth-order valence-corrected chi connectivity index (χ4v) is 2.35. The van der Waals surface area contributed by atoms with Crippen LogP contribution in [0.5, 0.6) is 5.75 Å². The summed E-state index contributed by atoms with van der Waals surface area (Å²) in [6.07, 6.45) is 2.23. The van der Waals surface area contributed by atoms with Crippen LogP contribution in [0, 0.1) is 0 Å². The molecule has 0 atom stereocenters. The summed E-state index contributed by atoms with van der Waals surface area (Å²) < 4.78 is 26.2. The van der Waals surface area contributed by atoms with Gasteiger partial charge in [0.1, 0.15) is 10.6 Å². The van der Waals surface area contributed by atoms with Crippen molar-refractivity contribution in [3.8, 4) is 5.75 Å². The number of aromatic nitrogens is 2. The highest BCUT2D eigenvalue weighted by Gasteiger charge is 2.15. The molecule has 2 N–H and O–H groups in total. The Morgan fingerprint density at radius 2 is 1.84 bits per heavy atom. The van der Waals surface area contributed by atoms with Gasteiger partial charge in [-0.1, -0.05) is 18.2 Å². The molecule has 2 aromatic rings. The fourth-order valence-electron chi connectivity index (χ4n) is 1.36. The molecule has 0 unspecified atom stereocenters. The van der Waals surface area contributed by atoms with E-state index in [1.165, 1.54) is 6.07 Å². The molecular formula is C11H10ClN3O3S. The predicted molar refractivity (Wildman–Crippen MR) is 69.2 cm³/mol. The fraction of sp³-hybridized carbons (Fsp3) is 0.0909. The van der Waals surface area contributed by atoms with Gasteiger partial charge in [0.25, 0.3) is 0 Å². The van der Waals surface area contributed by atoms with Crippen molar-refractivity contribution in [3.05, 3.63) is 47.5 Å². The third-order valence-electron chi connectivity index (χ3n) is 2.35. The number of halogens is 1. The van der Waals surface area contributed by atoms with E-state index in [1.54, 1.807) is 18.2 Å².